The van der Waals surface area contributed by atoms with Gasteiger partial charge in [-0.15, -0.1) is 0 Å². The van der Waals surface area contributed by atoms with Gasteiger partial charge in [0, 0.05) is 23.2 Å². The Bertz CT molecular complexity index is 1210. The molecule has 0 radical (unpaired) electrons. The third-order valence-corrected chi connectivity index (χ3v) is 9.32. The first-order valence-electron chi connectivity index (χ1n) is 17.5. The summed E-state index contributed by atoms with van der Waals surface area (Å²) in [6.07, 6.45) is 17.6. The predicted molar refractivity (Wildman–Crippen MR) is 192 cm³/mol. The molecule has 0 aliphatic carbocycles. The molecule has 2 unspecified atom stereocenters. The third kappa shape index (κ3) is 10.6. The van der Waals surface area contributed by atoms with Gasteiger partial charge >= 0.3 is 0 Å². The molecule has 0 amide bonds. The van der Waals surface area contributed by atoms with E-state index in [0.717, 1.165) is 11.4 Å². The number of rotatable bonds is 19. The highest BCUT2D eigenvalue weighted by atomic mass is 14.5. The van der Waals surface area contributed by atoms with E-state index in [1.54, 1.807) is 0 Å². The summed E-state index contributed by atoms with van der Waals surface area (Å²) in [6.45, 7) is 4.55. The Hall–Kier alpha value is -3.52. The molecule has 234 valence electrons. The van der Waals surface area contributed by atoms with Crippen LogP contribution in [0.4, 0.5) is 11.4 Å². The molecular weight excluding hydrogens is 532 g/mol. The van der Waals surface area contributed by atoms with E-state index < -0.39 is 0 Å². The molecule has 44 heavy (non-hydrogen) atoms. The standard InChI is InChI=1S/C42H56N2/c1-3-5-15-41(37-25-29-39(43)30-26-37)35-21-17-33(18-22-35)13-11-9-7-8-10-12-14-34-19-23-36(24-20-34)42(16-6-4-2)38-27-31-40(44)32-28-38/h17-32,41-42H,3-16,43-44H2,1-2H3. The van der Waals surface area contributed by atoms with Crippen LogP contribution in [0.15, 0.2) is 97.1 Å². The lowest BCUT2D eigenvalue weighted by atomic mass is 9.86. The summed E-state index contributed by atoms with van der Waals surface area (Å²) in [6, 6.07) is 35.8. The van der Waals surface area contributed by atoms with Gasteiger partial charge in [-0.1, -0.05) is 138 Å². The molecular formula is C42H56N2. The average molecular weight is 589 g/mol. The number of benzene rings is 4. The van der Waals surface area contributed by atoms with Crippen molar-refractivity contribution in [1.29, 1.82) is 0 Å². The maximum atomic E-state index is 5.94. The first-order valence-corrected chi connectivity index (χ1v) is 17.5. The van der Waals surface area contributed by atoms with Gasteiger partial charge in [0.05, 0.1) is 0 Å². The normalized spacial score (nSPS) is 12.7. The van der Waals surface area contributed by atoms with Crippen molar-refractivity contribution in [2.24, 2.45) is 0 Å². The second-order valence-corrected chi connectivity index (χ2v) is 12.8. The topological polar surface area (TPSA) is 52.0 Å². The van der Waals surface area contributed by atoms with Gasteiger partial charge in [-0.3, -0.25) is 0 Å². The van der Waals surface area contributed by atoms with Crippen molar-refractivity contribution in [3.05, 3.63) is 130 Å². The highest BCUT2D eigenvalue weighted by Crippen LogP contribution is 2.32. The molecule has 4 N–H and O–H groups in total. The minimum atomic E-state index is 0.458. The lowest BCUT2D eigenvalue weighted by Crippen LogP contribution is -2.02. The zero-order valence-electron chi connectivity index (χ0n) is 27.4. The smallest absolute Gasteiger partial charge is 0.0314 e. The minimum absolute atomic E-state index is 0.458. The molecule has 0 saturated carbocycles. The van der Waals surface area contributed by atoms with Crippen LogP contribution in [0.25, 0.3) is 0 Å². The van der Waals surface area contributed by atoms with Gasteiger partial charge in [0.25, 0.3) is 0 Å². The Morgan fingerprint density at radius 3 is 1.00 bits per heavy atom. The number of nitrogen functional groups attached to an aromatic ring is 2. The lowest BCUT2D eigenvalue weighted by Gasteiger charge is -2.18. The second kappa shape index (κ2) is 18.3. The summed E-state index contributed by atoms with van der Waals surface area (Å²) in [7, 11) is 0. The molecule has 0 heterocycles. The lowest BCUT2D eigenvalue weighted by molar-refractivity contribution is 0.593. The zero-order chi connectivity index (χ0) is 31.0. The van der Waals surface area contributed by atoms with E-state index >= 15 is 0 Å². The van der Waals surface area contributed by atoms with Crippen LogP contribution in [-0.2, 0) is 12.8 Å². The quantitative estimate of drug-likeness (QED) is 0.0845. The van der Waals surface area contributed by atoms with Crippen LogP contribution in [0.3, 0.4) is 0 Å². The molecule has 2 nitrogen and oxygen atoms in total. The van der Waals surface area contributed by atoms with Gasteiger partial charge < -0.3 is 11.5 Å². The van der Waals surface area contributed by atoms with Gasteiger partial charge in [0.15, 0.2) is 0 Å². The Labute approximate surface area is 268 Å². The minimum Gasteiger partial charge on any atom is -0.399 e. The number of hydrogen-bond donors (Lipinski definition) is 2. The molecule has 0 spiro atoms. The summed E-state index contributed by atoms with van der Waals surface area (Å²) in [5, 5.41) is 0. The summed E-state index contributed by atoms with van der Waals surface area (Å²) in [5.74, 6) is 0.916. The molecule has 0 aromatic heterocycles. The predicted octanol–water partition coefficient (Wildman–Crippen LogP) is 11.6. The average Bonchev–Trinajstić information content (AvgIpc) is 3.05. The van der Waals surface area contributed by atoms with Crippen LogP contribution in [-0.4, -0.2) is 0 Å². The summed E-state index contributed by atoms with van der Waals surface area (Å²) >= 11 is 0. The molecule has 0 saturated heterocycles. The maximum Gasteiger partial charge on any atom is 0.0314 e. The first kappa shape index (κ1) is 33.4. The maximum absolute atomic E-state index is 5.94. The highest BCUT2D eigenvalue weighted by Gasteiger charge is 2.15. The fourth-order valence-electron chi connectivity index (χ4n) is 6.52. The largest absolute Gasteiger partial charge is 0.399 e. The van der Waals surface area contributed by atoms with E-state index in [2.05, 4.69) is 86.6 Å². The van der Waals surface area contributed by atoms with Gasteiger partial charge in [-0.05, 0) is 96.2 Å². The van der Waals surface area contributed by atoms with Crippen LogP contribution in [0.5, 0.6) is 0 Å². The van der Waals surface area contributed by atoms with E-state index in [9.17, 15) is 0 Å². The van der Waals surface area contributed by atoms with Crippen LogP contribution >= 0.6 is 0 Å². The van der Waals surface area contributed by atoms with E-state index in [-0.39, 0.29) is 0 Å². The van der Waals surface area contributed by atoms with Gasteiger partial charge in [0.1, 0.15) is 0 Å². The fraction of sp³-hybridized carbons (Fsp3) is 0.429. The molecule has 0 aliphatic heterocycles. The van der Waals surface area contributed by atoms with E-state index in [1.807, 2.05) is 24.3 Å². The zero-order valence-corrected chi connectivity index (χ0v) is 27.4. The van der Waals surface area contributed by atoms with Crippen molar-refractivity contribution in [2.75, 3.05) is 11.5 Å². The molecule has 0 bridgehead atoms. The Balaban J connectivity index is 1.14. The summed E-state index contributed by atoms with van der Waals surface area (Å²) < 4.78 is 0. The van der Waals surface area contributed by atoms with Crippen molar-refractivity contribution in [2.45, 2.75) is 116 Å². The molecule has 0 fully saturated rings. The number of unbranched alkanes of at least 4 members (excludes halogenated alkanes) is 7. The van der Waals surface area contributed by atoms with Crippen LogP contribution < -0.4 is 11.5 Å². The van der Waals surface area contributed by atoms with Crippen LogP contribution in [0.1, 0.15) is 136 Å². The Morgan fingerprint density at radius 2 is 0.682 bits per heavy atom. The SMILES string of the molecule is CCCCC(c1ccc(N)cc1)c1ccc(CCCCCCCCc2ccc(C(CCCC)c3ccc(N)cc3)cc2)cc1. The van der Waals surface area contributed by atoms with Crippen molar-refractivity contribution in [3.63, 3.8) is 0 Å². The molecule has 4 aromatic carbocycles. The fourth-order valence-corrected chi connectivity index (χ4v) is 6.52. The first-order chi connectivity index (χ1) is 21.6. The summed E-state index contributed by atoms with van der Waals surface area (Å²) in [4.78, 5) is 0. The molecule has 4 rings (SSSR count). The van der Waals surface area contributed by atoms with Crippen molar-refractivity contribution in [3.8, 4) is 0 Å². The van der Waals surface area contributed by atoms with Crippen LogP contribution in [0, 0.1) is 0 Å². The van der Waals surface area contributed by atoms with E-state index in [4.69, 9.17) is 11.5 Å². The number of hydrogen-bond acceptors (Lipinski definition) is 2. The number of aryl methyl sites for hydroxylation is 2. The second-order valence-electron chi connectivity index (χ2n) is 12.8. The molecule has 2 atom stereocenters. The molecule has 4 aromatic rings. The third-order valence-electron chi connectivity index (χ3n) is 9.32. The van der Waals surface area contributed by atoms with Crippen molar-refractivity contribution < 1.29 is 0 Å². The van der Waals surface area contributed by atoms with Crippen molar-refractivity contribution in [1.82, 2.24) is 0 Å². The Morgan fingerprint density at radius 1 is 0.386 bits per heavy atom. The highest BCUT2D eigenvalue weighted by molar-refractivity contribution is 5.44. The number of nitrogens with two attached hydrogens (primary N) is 2. The monoisotopic (exact) mass is 588 g/mol. The van der Waals surface area contributed by atoms with Gasteiger partial charge in [0.2, 0.25) is 0 Å². The molecule has 2 heteroatoms. The van der Waals surface area contributed by atoms with Gasteiger partial charge in [-0.25, -0.2) is 0 Å². The number of anilines is 2. The summed E-state index contributed by atoms with van der Waals surface area (Å²) in [5.41, 5.74) is 22.1. The molecule has 0 aliphatic rings. The van der Waals surface area contributed by atoms with E-state index in [1.165, 1.54) is 123 Å². The van der Waals surface area contributed by atoms with Crippen molar-refractivity contribution >= 4 is 11.4 Å². The van der Waals surface area contributed by atoms with Crippen LogP contribution in [0.2, 0.25) is 0 Å². The Kier molecular flexibility index (Phi) is 13.9. The van der Waals surface area contributed by atoms with E-state index in [0.29, 0.717) is 11.8 Å². The van der Waals surface area contributed by atoms with Gasteiger partial charge in [-0.2, -0.15) is 0 Å².